The first-order chi connectivity index (χ1) is 12.2. The Balaban J connectivity index is 1.85. The molecule has 0 radical (unpaired) electrons. The Hall–Kier alpha value is -2.12. The molecule has 5 nitrogen and oxygen atoms in total. The number of aromatic nitrogens is 2. The van der Waals surface area contributed by atoms with Crippen molar-refractivity contribution < 1.29 is 8.42 Å². The summed E-state index contributed by atoms with van der Waals surface area (Å²) in [5.74, 6) is 0. The van der Waals surface area contributed by atoms with Crippen molar-refractivity contribution in [2.75, 3.05) is 4.72 Å². The van der Waals surface area contributed by atoms with E-state index < -0.39 is 10.0 Å². The molecular formula is C19H20BrN3O2S. The van der Waals surface area contributed by atoms with Crippen molar-refractivity contribution in [1.82, 2.24) is 9.78 Å². The van der Waals surface area contributed by atoms with Gasteiger partial charge >= 0.3 is 0 Å². The second-order valence-corrected chi connectivity index (χ2v) is 8.83. The monoisotopic (exact) mass is 433 g/mol. The average molecular weight is 434 g/mol. The molecule has 0 aliphatic heterocycles. The lowest BCUT2D eigenvalue weighted by Crippen LogP contribution is -2.14. The Morgan fingerprint density at radius 2 is 1.85 bits per heavy atom. The number of hydrogen-bond acceptors (Lipinski definition) is 3. The molecule has 1 heterocycles. The lowest BCUT2D eigenvalue weighted by Gasteiger charge is -2.12. The highest BCUT2D eigenvalue weighted by Gasteiger charge is 2.18. The van der Waals surface area contributed by atoms with Crippen LogP contribution < -0.4 is 4.72 Å². The van der Waals surface area contributed by atoms with E-state index in [1.165, 1.54) is 0 Å². The van der Waals surface area contributed by atoms with Gasteiger partial charge in [0.15, 0.2) is 0 Å². The minimum atomic E-state index is -3.67. The summed E-state index contributed by atoms with van der Waals surface area (Å²) in [6.45, 7) is 6.45. The van der Waals surface area contributed by atoms with E-state index >= 15 is 0 Å². The maximum absolute atomic E-state index is 12.7. The average Bonchev–Trinajstić information content (AvgIpc) is 2.84. The van der Waals surface area contributed by atoms with Crippen LogP contribution in [0.2, 0.25) is 0 Å². The standard InChI is InChI=1S/C19H20BrN3O2S/c1-13-7-8-19(18(20)9-13)26(24,25)22-17-6-4-5-16(11-17)12-23-15(3)10-14(2)21-23/h4-11,22H,12H2,1-3H3. The maximum Gasteiger partial charge on any atom is 0.263 e. The Bertz CT molecular complexity index is 1060. The second-order valence-electron chi connectivity index (χ2n) is 6.32. The minimum Gasteiger partial charge on any atom is -0.280 e. The third-order valence-corrected chi connectivity index (χ3v) is 6.35. The lowest BCUT2D eigenvalue weighted by molar-refractivity contribution is 0.600. The molecule has 1 aromatic heterocycles. The predicted molar refractivity (Wildman–Crippen MR) is 107 cm³/mol. The Kier molecular flexibility index (Phi) is 5.20. The van der Waals surface area contributed by atoms with Gasteiger partial charge in [0.1, 0.15) is 4.90 Å². The maximum atomic E-state index is 12.7. The van der Waals surface area contributed by atoms with Crippen LogP contribution in [0.5, 0.6) is 0 Å². The molecule has 1 N–H and O–H groups in total. The highest BCUT2D eigenvalue weighted by atomic mass is 79.9. The molecule has 0 aliphatic carbocycles. The first kappa shape index (κ1) is 18.7. The Labute approximate surface area is 162 Å². The Morgan fingerprint density at radius 1 is 1.08 bits per heavy atom. The number of benzene rings is 2. The summed E-state index contributed by atoms with van der Waals surface area (Å²) < 4.78 is 30.5. The molecule has 26 heavy (non-hydrogen) atoms. The third kappa shape index (κ3) is 4.16. The molecule has 0 unspecified atom stereocenters. The number of nitrogens with one attached hydrogen (secondary N) is 1. The van der Waals surface area contributed by atoms with Gasteiger partial charge in [-0.25, -0.2) is 8.42 Å². The highest BCUT2D eigenvalue weighted by molar-refractivity contribution is 9.10. The fraction of sp³-hybridized carbons (Fsp3) is 0.211. The number of anilines is 1. The number of rotatable bonds is 5. The summed E-state index contributed by atoms with van der Waals surface area (Å²) in [5.41, 5.74) is 4.51. The van der Waals surface area contributed by atoms with E-state index in [2.05, 4.69) is 25.8 Å². The molecule has 0 saturated carbocycles. The zero-order valence-electron chi connectivity index (χ0n) is 14.8. The minimum absolute atomic E-state index is 0.215. The van der Waals surface area contributed by atoms with Crippen LogP contribution in [0.15, 0.2) is 57.9 Å². The van der Waals surface area contributed by atoms with Gasteiger partial charge in [0, 0.05) is 15.9 Å². The molecule has 7 heteroatoms. The van der Waals surface area contributed by atoms with Crippen LogP contribution in [-0.4, -0.2) is 18.2 Å². The second kappa shape index (κ2) is 7.25. The van der Waals surface area contributed by atoms with Crippen LogP contribution >= 0.6 is 15.9 Å². The van der Waals surface area contributed by atoms with Crippen molar-refractivity contribution in [3.8, 4) is 0 Å². The van der Waals surface area contributed by atoms with E-state index in [0.717, 1.165) is 22.5 Å². The van der Waals surface area contributed by atoms with Crippen molar-refractivity contribution >= 4 is 31.6 Å². The first-order valence-electron chi connectivity index (χ1n) is 8.13. The molecular weight excluding hydrogens is 414 g/mol. The quantitative estimate of drug-likeness (QED) is 0.647. The summed E-state index contributed by atoms with van der Waals surface area (Å²) in [7, 11) is -3.67. The van der Waals surface area contributed by atoms with Gasteiger partial charge in [0.05, 0.1) is 12.2 Å². The highest BCUT2D eigenvalue weighted by Crippen LogP contribution is 2.25. The number of halogens is 1. The fourth-order valence-electron chi connectivity index (χ4n) is 2.78. The molecule has 0 saturated heterocycles. The van der Waals surface area contributed by atoms with Gasteiger partial charge in [0.25, 0.3) is 10.0 Å². The van der Waals surface area contributed by atoms with E-state index in [9.17, 15) is 8.42 Å². The smallest absolute Gasteiger partial charge is 0.263 e. The molecule has 136 valence electrons. The van der Waals surface area contributed by atoms with Crippen LogP contribution in [0.1, 0.15) is 22.5 Å². The van der Waals surface area contributed by atoms with Crippen molar-refractivity contribution in [1.29, 1.82) is 0 Å². The number of hydrogen-bond donors (Lipinski definition) is 1. The topological polar surface area (TPSA) is 64.0 Å². The van der Waals surface area contributed by atoms with E-state index in [1.807, 2.05) is 49.7 Å². The lowest BCUT2D eigenvalue weighted by atomic mass is 10.2. The summed E-state index contributed by atoms with van der Waals surface area (Å²) in [6.07, 6.45) is 0. The van der Waals surface area contributed by atoms with E-state index in [0.29, 0.717) is 16.7 Å². The molecule has 2 aromatic carbocycles. The molecule has 0 atom stereocenters. The molecule has 3 aromatic rings. The summed E-state index contributed by atoms with van der Waals surface area (Å²) in [5, 5.41) is 4.45. The zero-order valence-corrected chi connectivity index (χ0v) is 17.2. The molecule has 0 fully saturated rings. The van der Waals surface area contributed by atoms with Crippen LogP contribution in [-0.2, 0) is 16.6 Å². The van der Waals surface area contributed by atoms with Crippen LogP contribution in [0.25, 0.3) is 0 Å². The first-order valence-corrected chi connectivity index (χ1v) is 10.4. The molecule has 3 rings (SSSR count). The molecule has 0 bridgehead atoms. The van der Waals surface area contributed by atoms with Crippen molar-refractivity contribution in [2.24, 2.45) is 0 Å². The van der Waals surface area contributed by atoms with Crippen molar-refractivity contribution in [3.05, 3.63) is 75.5 Å². The zero-order chi connectivity index (χ0) is 18.9. The van der Waals surface area contributed by atoms with Gasteiger partial charge in [-0.1, -0.05) is 18.2 Å². The van der Waals surface area contributed by atoms with Gasteiger partial charge in [0.2, 0.25) is 0 Å². The predicted octanol–water partition coefficient (Wildman–Crippen LogP) is 4.42. The Morgan fingerprint density at radius 3 is 2.50 bits per heavy atom. The van der Waals surface area contributed by atoms with Gasteiger partial charge in [-0.3, -0.25) is 9.40 Å². The number of sulfonamides is 1. The van der Waals surface area contributed by atoms with E-state index in [1.54, 1.807) is 24.3 Å². The van der Waals surface area contributed by atoms with Crippen molar-refractivity contribution in [2.45, 2.75) is 32.2 Å². The molecule has 0 amide bonds. The summed E-state index contributed by atoms with van der Waals surface area (Å²) >= 11 is 3.33. The van der Waals surface area contributed by atoms with E-state index in [-0.39, 0.29) is 4.90 Å². The van der Waals surface area contributed by atoms with Crippen molar-refractivity contribution in [3.63, 3.8) is 0 Å². The van der Waals surface area contributed by atoms with Crippen LogP contribution in [0.4, 0.5) is 5.69 Å². The number of aryl methyl sites for hydroxylation is 3. The normalized spacial score (nSPS) is 11.5. The van der Waals surface area contributed by atoms with Gasteiger partial charge in [-0.15, -0.1) is 0 Å². The van der Waals surface area contributed by atoms with Gasteiger partial charge in [-0.05, 0) is 78.2 Å². The summed E-state index contributed by atoms with van der Waals surface area (Å²) in [6, 6.07) is 14.5. The molecule has 0 spiro atoms. The largest absolute Gasteiger partial charge is 0.280 e. The van der Waals surface area contributed by atoms with Crippen LogP contribution in [0.3, 0.4) is 0 Å². The van der Waals surface area contributed by atoms with Gasteiger partial charge < -0.3 is 0 Å². The van der Waals surface area contributed by atoms with Crippen LogP contribution in [0, 0.1) is 20.8 Å². The third-order valence-electron chi connectivity index (χ3n) is 3.99. The SMILES string of the molecule is Cc1ccc(S(=O)(=O)Nc2cccc(Cn3nc(C)cc3C)c2)c(Br)c1. The number of nitrogens with zero attached hydrogens (tertiary/aromatic N) is 2. The van der Waals surface area contributed by atoms with E-state index in [4.69, 9.17) is 0 Å². The molecule has 0 aliphatic rings. The fourth-order valence-corrected chi connectivity index (χ4v) is 5.02. The summed E-state index contributed by atoms with van der Waals surface area (Å²) in [4.78, 5) is 0.215. The van der Waals surface area contributed by atoms with Gasteiger partial charge in [-0.2, -0.15) is 5.10 Å².